The second-order valence-electron chi connectivity index (χ2n) is 8.37. The van der Waals surface area contributed by atoms with Crippen molar-refractivity contribution in [1.82, 2.24) is 0 Å². The number of hydrogen-bond acceptors (Lipinski definition) is 6. The molecule has 1 saturated heterocycles. The minimum atomic E-state index is -0.462. The fourth-order valence-corrected chi connectivity index (χ4v) is 3.21. The normalized spacial score (nSPS) is 14.1. The minimum Gasteiger partial charge on any atom is -0.490 e. The quantitative estimate of drug-likeness (QED) is 0.171. The number of rotatable bonds is 9. The molecular weight excluding hydrogens is 444 g/mol. The molecule has 0 N–H and O–H groups in total. The van der Waals surface area contributed by atoms with Crippen molar-refractivity contribution in [3.63, 3.8) is 0 Å². The Morgan fingerprint density at radius 2 is 1.29 bits per heavy atom. The molecule has 0 spiro atoms. The fraction of sp³-hybridized carbons (Fsp3) is 0.172. The number of benzene rings is 3. The summed E-state index contributed by atoms with van der Waals surface area (Å²) in [7, 11) is 0. The average Bonchev–Trinajstić information content (AvgIpc) is 3.68. The summed E-state index contributed by atoms with van der Waals surface area (Å²) in [5.74, 6) is 0.687. The van der Waals surface area contributed by atoms with Gasteiger partial charge in [-0.05, 0) is 60.9 Å². The standard InChI is InChI=1S/C29H26O6/c1-18(2)28(30)34-23-10-5-20(6-11-23)22-9-14-26(27(15-22)33-17-25-16-32-25)21-7-12-24(13-8-21)35-29(31)19(3)4/h5-15,25H,1,3,16-17H2,2,4H3. The Labute approximate surface area is 204 Å². The van der Waals surface area contributed by atoms with Crippen molar-refractivity contribution in [1.29, 1.82) is 0 Å². The molecule has 3 aromatic rings. The lowest BCUT2D eigenvalue weighted by Gasteiger charge is -2.14. The summed E-state index contributed by atoms with van der Waals surface area (Å²) in [6, 6.07) is 20.4. The second-order valence-corrected chi connectivity index (χ2v) is 8.37. The van der Waals surface area contributed by atoms with Gasteiger partial charge in [-0.3, -0.25) is 0 Å². The summed E-state index contributed by atoms with van der Waals surface area (Å²) in [5.41, 5.74) is 4.39. The van der Waals surface area contributed by atoms with Crippen LogP contribution in [0, 0.1) is 0 Å². The van der Waals surface area contributed by atoms with E-state index in [1.165, 1.54) is 0 Å². The first-order chi connectivity index (χ1) is 16.8. The lowest BCUT2D eigenvalue weighted by molar-refractivity contribution is -0.130. The average molecular weight is 471 g/mol. The van der Waals surface area contributed by atoms with Crippen LogP contribution in [0.4, 0.5) is 0 Å². The first kappa shape index (κ1) is 24.0. The maximum atomic E-state index is 11.8. The molecule has 1 atom stereocenters. The zero-order valence-electron chi connectivity index (χ0n) is 19.7. The van der Waals surface area contributed by atoms with Crippen LogP contribution >= 0.6 is 0 Å². The monoisotopic (exact) mass is 470 g/mol. The van der Waals surface area contributed by atoms with Gasteiger partial charge in [0.25, 0.3) is 0 Å². The van der Waals surface area contributed by atoms with E-state index in [4.69, 9.17) is 18.9 Å². The van der Waals surface area contributed by atoms with E-state index in [1.807, 2.05) is 42.5 Å². The van der Waals surface area contributed by atoms with Gasteiger partial charge in [0.15, 0.2) is 0 Å². The van der Waals surface area contributed by atoms with Crippen molar-refractivity contribution in [3.05, 3.63) is 91.0 Å². The molecule has 0 aromatic heterocycles. The summed E-state index contributed by atoms with van der Waals surface area (Å²) in [6.45, 7) is 11.6. The molecule has 1 aliphatic rings. The molecule has 1 aliphatic heterocycles. The fourth-order valence-electron chi connectivity index (χ4n) is 3.21. The Bertz CT molecular complexity index is 1270. The van der Waals surface area contributed by atoms with Crippen LogP contribution in [-0.4, -0.2) is 31.3 Å². The van der Waals surface area contributed by atoms with Crippen LogP contribution in [0.15, 0.2) is 91.0 Å². The molecule has 1 heterocycles. The third-order valence-electron chi connectivity index (χ3n) is 5.28. The predicted octanol–water partition coefficient (Wildman–Crippen LogP) is 5.76. The van der Waals surface area contributed by atoms with Crippen molar-refractivity contribution in [3.8, 4) is 39.5 Å². The zero-order chi connectivity index (χ0) is 24.9. The molecule has 178 valence electrons. The van der Waals surface area contributed by atoms with Gasteiger partial charge in [0.05, 0.1) is 6.61 Å². The zero-order valence-corrected chi connectivity index (χ0v) is 19.7. The third-order valence-corrected chi connectivity index (χ3v) is 5.28. The highest BCUT2D eigenvalue weighted by molar-refractivity contribution is 5.89. The Hall–Kier alpha value is -4.16. The lowest BCUT2D eigenvalue weighted by Crippen LogP contribution is -2.08. The first-order valence-electron chi connectivity index (χ1n) is 11.1. The Morgan fingerprint density at radius 3 is 1.77 bits per heavy atom. The molecule has 0 aliphatic carbocycles. The van der Waals surface area contributed by atoms with E-state index in [2.05, 4.69) is 13.2 Å². The van der Waals surface area contributed by atoms with Crippen molar-refractivity contribution < 1.29 is 28.5 Å². The van der Waals surface area contributed by atoms with Crippen molar-refractivity contribution in [2.45, 2.75) is 20.0 Å². The van der Waals surface area contributed by atoms with E-state index in [1.54, 1.807) is 38.1 Å². The van der Waals surface area contributed by atoms with E-state index in [9.17, 15) is 9.59 Å². The molecule has 1 fully saturated rings. The summed E-state index contributed by atoms with van der Waals surface area (Å²) in [6.07, 6.45) is 0.109. The molecule has 6 nitrogen and oxygen atoms in total. The van der Waals surface area contributed by atoms with Crippen molar-refractivity contribution in [2.75, 3.05) is 13.2 Å². The molecule has 0 radical (unpaired) electrons. The van der Waals surface area contributed by atoms with Crippen LogP contribution in [0.5, 0.6) is 17.2 Å². The van der Waals surface area contributed by atoms with Gasteiger partial charge in [-0.2, -0.15) is 0 Å². The van der Waals surface area contributed by atoms with Gasteiger partial charge in [0, 0.05) is 16.7 Å². The molecule has 6 heteroatoms. The van der Waals surface area contributed by atoms with Crippen LogP contribution in [0.2, 0.25) is 0 Å². The van der Waals surface area contributed by atoms with Gasteiger partial charge in [-0.15, -0.1) is 0 Å². The van der Waals surface area contributed by atoms with Gasteiger partial charge in [-0.25, -0.2) is 9.59 Å². The van der Waals surface area contributed by atoms with Crippen molar-refractivity contribution >= 4 is 11.9 Å². The van der Waals surface area contributed by atoms with Gasteiger partial charge in [-0.1, -0.05) is 49.6 Å². The van der Waals surface area contributed by atoms with Crippen LogP contribution in [0.3, 0.4) is 0 Å². The lowest BCUT2D eigenvalue weighted by atomic mass is 9.99. The predicted molar refractivity (Wildman–Crippen MR) is 133 cm³/mol. The Balaban J connectivity index is 1.58. The van der Waals surface area contributed by atoms with E-state index in [0.717, 1.165) is 22.3 Å². The van der Waals surface area contributed by atoms with Gasteiger partial charge in [0.2, 0.25) is 0 Å². The number of esters is 2. The molecule has 0 amide bonds. The van der Waals surface area contributed by atoms with Gasteiger partial charge >= 0.3 is 11.9 Å². The highest BCUT2D eigenvalue weighted by Gasteiger charge is 2.24. The summed E-state index contributed by atoms with van der Waals surface area (Å²) >= 11 is 0. The summed E-state index contributed by atoms with van der Waals surface area (Å²) in [4.78, 5) is 23.5. The third kappa shape index (κ3) is 6.25. The van der Waals surface area contributed by atoms with Crippen LogP contribution < -0.4 is 14.2 Å². The number of epoxide rings is 1. The topological polar surface area (TPSA) is 74.4 Å². The molecule has 1 unspecified atom stereocenters. The van der Waals surface area contributed by atoms with E-state index >= 15 is 0 Å². The number of hydrogen-bond donors (Lipinski definition) is 0. The Kier molecular flexibility index (Phi) is 7.13. The smallest absolute Gasteiger partial charge is 0.338 e. The number of carbonyl (C=O) groups excluding carboxylic acids is 2. The highest BCUT2D eigenvalue weighted by atomic mass is 16.6. The van der Waals surface area contributed by atoms with Crippen LogP contribution in [-0.2, 0) is 14.3 Å². The molecule has 3 aromatic carbocycles. The highest BCUT2D eigenvalue weighted by Crippen LogP contribution is 2.36. The number of carbonyl (C=O) groups is 2. The first-order valence-corrected chi connectivity index (χ1v) is 11.1. The van der Waals surface area contributed by atoms with Gasteiger partial charge in [0.1, 0.15) is 30.0 Å². The van der Waals surface area contributed by atoms with E-state index < -0.39 is 11.9 Å². The van der Waals surface area contributed by atoms with E-state index in [-0.39, 0.29) is 6.10 Å². The maximum Gasteiger partial charge on any atom is 0.338 e. The molecular formula is C29H26O6. The molecule has 0 saturated carbocycles. The second kappa shape index (κ2) is 10.4. The molecule has 35 heavy (non-hydrogen) atoms. The summed E-state index contributed by atoms with van der Waals surface area (Å²) < 4.78 is 22.0. The SMILES string of the molecule is C=C(C)C(=O)Oc1ccc(-c2ccc(-c3ccc(OC(=O)C(=C)C)cc3)c(OCC3CO3)c2)cc1. The largest absolute Gasteiger partial charge is 0.490 e. The van der Waals surface area contributed by atoms with Gasteiger partial charge < -0.3 is 18.9 Å². The van der Waals surface area contributed by atoms with Crippen molar-refractivity contribution in [2.24, 2.45) is 0 Å². The summed E-state index contributed by atoms with van der Waals surface area (Å²) in [5, 5.41) is 0. The van der Waals surface area contributed by atoms with Crippen LogP contribution in [0.1, 0.15) is 13.8 Å². The molecule has 4 rings (SSSR count). The number of ether oxygens (including phenoxy) is 4. The minimum absolute atomic E-state index is 0.109. The van der Waals surface area contributed by atoms with Crippen LogP contribution in [0.25, 0.3) is 22.3 Å². The van der Waals surface area contributed by atoms with E-state index in [0.29, 0.717) is 41.6 Å². The Morgan fingerprint density at radius 1 is 0.800 bits per heavy atom. The molecule has 0 bridgehead atoms. The maximum absolute atomic E-state index is 11.8.